The van der Waals surface area contributed by atoms with Gasteiger partial charge in [-0.05, 0) is 54.3 Å². The minimum absolute atomic E-state index is 0.108. The molecule has 6 nitrogen and oxygen atoms in total. The molecule has 1 heterocycles. The van der Waals surface area contributed by atoms with Crippen LogP contribution in [0.4, 0.5) is 33.2 Å². The summed E-state index contributed by atoms with van der Waals surface area (Å²) in [5, 5.41) is 17.1. The molecular weight excluding hydrogens is 524 g/mol. The molecule has 0 saturated heterocycles. The van der Waals surface area contributed by atoms with Crippen LogP contribution in [0.3, 0.4) is 0 Å². The number of carboxylic acid groups (broad SMARTS) is 2. The smallest absolute Gasteiger partial charge is 0.450 e. The van der Waals surface area contributed by atoms with Gasteiger partial charge in [0.1, 0.15) is 5.82 Å². The summed E-state index contributed by atoms with van der Waals surface area (Å²) in [6, 6.07) is 15.2. The van der Waals surface area contributed by atoms with Crippen LogP contribution in [0.5, 0.6) is 0 Å². The minimum atomic E-state index is -4.43. The summed E-state index contributed by atoms with van der Waals surface area (Å²) in [5.74, 6) is -0.233. The Morgan fingerprint density at radius 3 is 2.16 bits per heavy atom. The molecular formula is C27H22F4N2O4S. The Morgan fingerprint density at radius 1 is 0.921 bits per heavy atom. The molecule has 1 aliphatic carbocycles. The van der Waals surface area contributed by atoms with Gasteiger partial charge in [-0.3, -0.25) is 4.79 Å². The van der Waals surface area contributed by atoms with E-state index in [0.29, 0.717) is 26.5 Å². The minimum Gasteiger partial charge on any atom is -0.450 e. The molecule has 1 aliphatic rings. The van der Waals surface area contributed by atoms with E-state index in [2.05, 4.69) is 10.3 Å². The third-order valence-electron chi connectivity index (χ3n) is 6.16. The number of aromatic nitrogens is 1. The summed E-state index contributed by atoms with van der Waals surface area (Å²) < 4.78 is 54.0. The zero-order valence-corrected chi connectivity index (χ0v) is 20.6. The van der Waals surface area contributed by atoms with Gasteiger partial charge in [0.15, 0.2) is 10.9 Å². The van der Waals surface area contributed by atoms with E-state index < -0.39 is 23.7 Å². The SMILES string of the molecule is O=C(O)O.O=C(c1ccc(-c2ccc(Nc3nc4ccc(C(F)(F)F)cc4s3)c(F)c2)cc1)C1CCCC1. The van der Waals surface area contributed by atoms with E-state index >= 15 is 0 Å². The largest absolute Gasteiger partial charge is 0.503 e. The summed E-state index contributed by atoms with van der Waals surface area (Å²) in [7, 11) is 0. The summed E-state index contributed by atoms with van der Waals surface area (Å²) in [6.07, 6.45) is -2.19. The maximum absolute atomic E-state index is 14.8. The van der Waals surface area contributed by atoms with Crippen LogP contribution in [0, 0.1) is 11.7 Å². The lowest BCUT2D eigenvalue weighted by molar-refractivity contribution is -0.137. The lowest BCUT2D eigenvalue weighted by Gasteiger charge is -2.10. The van der Waals surface area contributed by atoms with Gasteiger partial charge in [-0.1, -0.05) is 54.5 Å². The second-order valence-electron chi connectivity index (χ2n) is 8.72. The van der Waals surface area contributed by atoms with Gasteiger partial charge in [0.05, 0.1) is 21.5 Å². The van der Waals surface area contributed by atoms with E-state index in [1.165, 1.54) is 12.1 Å². The van der Waals surface area contributed by atoms with Gasteiger partial charge in [-0.15, -0.1) is 0 Å². The second kappa shape index (κ2) is 11.2. The first-order valence-electron chi connectivity index (χ1n) is 11.6. The first-order valence-corrected chi connectivity index (χ1v) is 12.4. The molecule has 0 bridgehead atoms. The average Bonchev–Trinajstić information content (AvgIpc) is 3.53. The number of Topliss-reactive ketones (excluding diaryl/α,β-unsaturated/α-hetero) is 1. The zero-order chi connectivity index (χ0) is 27.4. The zero-order valence-electron chi connectivity index (χ0n) is 19.8. The number of hydrogen-bond acceptors (Lipinski definition) is 5. The summed E-state index contributed by atoms with van der Waals surface area (Å²) in [4.78, 5) is 25.4. The van der Waals surface area contributed by atoms with Crippen LogP contribution >= 0.6 is 11.3 Å². The number of carbonyl (C=O) groups is 2. The van der Waals surface area contributed by atoms with Gasteiger partial charge >= 0.3 is 12.3 Å². The molecule has 1 aromatic heterocycles. The lowest BCUT2D eigenvalue weighted by Crippen LogP contribution is -2.10. The highest BCUT2D eigenvalue weighted by Gasteiger charge is 2.30. The highest BCUT2D eigenvalue weighted by atomic mass is 32.1. The van der Waals surface area contributed by atoms with E-state index in [0.717, 1.165) is 54.7 Å². The lowest BCUT2D eigenvalue weighted by atomic mass is 9.94. The van der Waals surface area contributed by atoms with Crippen molar-refractivity contribution in [3.8, 4) is 11.1 Å². The molecule has 198 valence electrons. The Balaban J connectivity index is 0.000000786. The van der Waals surface area contributed by atoms with E-state index in [4.69, 9.17) is 15.0 Å². The highest BCUT2D eigenvalue weighted by Crippen LogP contribution is 2.36. The van der Waals surface area contributed by atoms with Gasteiger partial charge < -0.3 is 15.5 Å². The van der Waals surface area contributed by atoms with Crippen molar-refractivity contribution < 1.29 is 37.4 Å². The van der Waals surface area contributed by atoms with E-state index in [-0.39, 0.29) is 17.4 Å². The summed E-state index contributed by atoms with van der Waals surface area (Å²) >= 11 is 1.03. The van der Waals surface area contributed by atoms with Crippen molar-refractivity contribution in [2.45, 2.75) is 31.9 Å². The predicted octanol–water partition coefficient (Wildman–Crippen LogP) is 8.46. The maximum Gasteiger partial charge on any atom is 0.503 e. The van der Waals surface area contributed by atoms with Crippen molar-refractivity contribution in [2.75, 3.05) is 5.32 Å². The Hall–Kier alpha value is -3.99. The molecule has 1 saturated carbocycles. The topological polar surface area (TPSA) is 99.5 Å². The van der Waals surface area contributed by atoms with Crippen molar-refractivity contribution in [2.24, 2.45) is 5.92 Å². The van der Waals surface area contributed by atoms with Gasteiger partial charge in [-0.25, -0.2) is 14.2 Å². The van der Waals surface area contributed by atoms with Crippen LogP contribution in [0.15, 0.2) is 60.7 Å². The summed E-state index contributed by atoms with van der Waals surface area (Å²) in [6.45, 7) is 0. The summed E-state index contributed by atoms with van der Waals surface area (Å²) in [5.41, 5.74) is 1.95. The van der Waals surface area contributed by atoms with Gasteiger partial charge in [0.25, 0.3) is 0 Å². The number of nitrogens with one attached hydrogen (secondary N) is 1. The fourth-order valence-corrected chi connectivity index (χ4v) is 5.23. The van der Waals surface area contributed by atoms with Crippen molar-refractivity contribution in [1.29, 1.82) is 0 Å². The first kappa shape index (κ1) is 27.1. The Kier molecular flexibility index (Phi) is 7.96. The van der Waals surface area contributed by atoms with Crippen molar-refractivity contribution in [3.63, 3.8) is 0 Å². The molecule has 3 aromatic carbocycles. The Labute approximate surface area is 218 Å². The molecule has 5 rings (SSSR count). The number of benzene rings is 3. The number of alkyl halides is 3. The van der Waals surface area contributed by atoms with Crippen LogP contribution in [0.25, 0.3) is 21.3 Å². The number of anilines is 2. The van der Waals surface area contributed by atoms with Gasteiger partial charge in [0.2, 0.25) is 0 Å². The average molecular weight is 547 g/mol. The molecule has 0 amide bonds. The number of hydrogen-bond donors (Lipinski definition) is 3. The van der Waals surface area contributed by atoms with Crippen molar-refractivity contribution in [3.05, 3.63) is 77.6 Å². The molecule has 11 heteroatoms. The van der Waals surface area contributed by atoms with Gasteiger partial charge in [0, 0.05) is 11.5 Å². The van der Waals surface area contributed by atoms with Crippen LogP contribution in [-0.2, 0) is 6.18 Å². The number of rotatable bonds is 5. The number of halogens is 4. The number of nitrogens with zero attached hydrogens (tertiary/aromatic N) is 1. The Morgan fingerprint density at radius 2 is 1.55 bits per heavy atom. The molecule has 0 unspecified atom stereocenters. The predicted molar refractivity (Wildman–Crippen MR) is 137 cm³/mol. The van der Waals surface area contributed by atoms with Crippen LogP contribution in [-0.4, -0.2) is 27.1 Å². The third kappa shape index (κ3) is 6.46. The van der Waals surface area contributed by atoms with Crippen molar-refractivity contribution >= 4 is 44.3 Å². The number of fused-ring (bicyclic) bond motifs is 1. The van der Waals surface area contributed by atoms with Crippen LogP contribution in [0.1, 0.15) is 41.6 Å². The number of ketones is 1. The molecule has 1 fully saturated rings. The fraction of sp³-hybridized carbons (Fsp3) is 0.222. The third-order valence-corrected chi connectivity index (χ3v) is 7.09. The van der Waals surface area contributed by atoms with E-state index in [9.17, 15) is 22.4 Å². The van der Waals surface area contributed by atoms with Crippen molar-refractivity contribution in [1.82, 2.24) is 4.98 Å². The monoisotopic (exact) mass is 546 g/mol. The van der Waals surface area contributed by atoms with E-state index in [1.54, 1.807) is 24.3 Å². The molecule has 4 aromatic rings. The highest BCUT2D eigenvalue weighted by molar-refractivity contribution is 7.22. The number of carbonyl (C=O) groups excluding carboxylic acids is 1. The standard InChI is InChI=1S/C26H20F4N2OS.CH2O3/c27-20-13-18(15-5-7-17(8-6-15)24(33)16-3-1-2-4-16)9-11-21(20)31-25-32-22-12-10-19(26(28,29)30)14-23(22)34-25;2-1(3)4/h5-14,16H,1-4H2,(H,31,32);(H2,2,3,4). The molecule has 0 atom stereocenters. The normalized spacial score (nSPS) is 13.7. The molecule has 0 radical (unpaired) electrons. The Bertz CT molecular complexity index is 1460. The van der Waals surface area contributed by atoms with Crippen LogP contribution < -0.4 is 5.32 Å². The molecule has 38 heavy (non-hydrogen) atoms. The van der Waals surface area contributed by atoms with Gasteiger partial charge in [-0.2, -0.15) is 13.2 Å². The molecule has 3 N–H and O–H groups in total. The second-order valence-corrected chi connectivity index (χ2v) is 9.76. The molecule has 0 aliphatic heterocycles. The van der Waals surface area contributed by atoms with Crippen LogP contribution in [0.2, 0.25) is 0 Å². The molecule has 0 spiro atoms. The first-order chi connectivity index (χ1) is 18.0. The van der Waals surface area contributed by atoms with E-state index in [1.807, 2.05) is 12.1 Å². The maximum atomic E-state index is 14.8. The quantitative estimate of drug-likeness (QED) is 0.172. The number of thiazole rings is 1. The fourth-order valence-electron chi connectivity index (χ4n) is 4.32.